The van der Waals surface area contributed by atoms with Crippen LogP contribution in [0.15, 0.2) is 60.7 Å². The van der Waals surface area contributed by atoms with Gasteiger partial charge in [-0.2, -0.15) is 0 Å². The van der Waals surface area contributed by atoms with Crippen molar-refractivity contribution in [3.8, 4) is 11.5 Å². The van der Waals surface area contributed by atoms with E-state index in [1.54, 1.807) is 20.3 Å². The van der Waals surface area contributed by atoms with Crippen LogP contribution in [0.4, 0.5) is 0 Å². The molecule has 3 atom stereocenters. The molecule has 3 aromatic rings. The zero-order chi connectivity index (χ0) is 27.2. The first-order valence-electron chi connectivity index (χ1n) is 12.3. The van der Waals surface area contributed by atoms with E-state index < -0.39 is 12.1 Å². The Bertz CT molecular complexity index is 1230. The van der Waals surface area contributed by atoms with E-state index in [0.29, 0.717) is 46.2 Å². The number of nitrogens with zero attached hydrogens (tertiary/aromatic N) is 1. The Labute approximate surface area is 238 Å². The number of morpholine rings is 1. The molecule has 0 spiro atoms. The minimum Gasteiger partial charge on any atom is -0.493 e. The molecule has 1 saturated heterocycles. The lowest BCUT2D eigenvalue weighted by Crippen LogP contribution is -2.52. The topological polar surface area (TPSA) is 57.2 Å². The van der Waals surface area contributed by atoms with E-state index >= 15 is 0 Å². The van der Waals surface area contributed by atoms with E-state index in [0.717, 1.165) is 16.7 Å². The summed E-state index contributed by atoms with van der Waals surface area (Å²) >= 11 is 18.8. The summed E-state index contributed by atoms with van der Waals surface area (Å²) in [6, 6.07) is 17.8. The Morgan fingerprint density at radius 1 is 0.895 bits per heavy atom. The van der Waals surface area contributed by atoms with Crippen molar-refractivity contribution in [3.63, 3.8) is 0 Å². The van der Waals surface area contributed by atoms with Crippen LogP contribution < -0.4 is 9.47 Å². The van der Waals surface area contributed by atoms with Gasteiger partial charge in [-0.15, -0.1) is 0 Å². The zero-order valence-electron chi connectivity index (χ0n) is 21.5. The molecular formula is C29H30Cl3NO5. The summed E-state index contributed by atoms with van der Waals surface area (Å²) in [6.45, 7) is 2.67. The van der Waals surface area contributed by atoms with Gasteiger partial charge in [-0.25, -0.2) is 0 Å². The quantitative estimate of drug-likeness (QED) is 0.253. The van der Waals surface area contributed by atoms with E-state index in [1.807, 2.05) is 66.4 Å². The van der Waals surface area contributed by atoms with E-state index in [9.17, 15) is 4.79 Å². The first kappa shape index (κ1) is 28.5. The smallest absolute Gasteiger partial charge is 0.249 e. The first-order valence-corrected chi connectivity index (χ1v) is 13.4. The van der Waals surface area contributed by atoms with Gasteiger partial charge in [-0.1, -0.05) is 59.9 Å². The van der Waals surface area contributed by atoms with Crippen molar-refractivity contribution in [1.82, 2.24) is 4.90 Å². The van der Waals surface area contributed by atoms with Crippen molar-refractivity contribution >= 4 is 40.7 Å². The van der Waals surface area contributed by atoms with Crippen LogP contribution in [0.3, 0.4) is 0 Å². The monoisotopic (exact) mass is 577 g/mol. The van der Waals surface area contributed by atoms with Crippen LogP contribution in [0, 0.1) is 0 Å². The maximum Gasteiger partial charge on any atom is 0.249 e. The molecule has 4 rings (SSSR count). The normalized spacial score (nSPS) is 18.4. The number of halogens is 3. The maximum atomic E-state index is 13.4. The summed E-state index contributed by atoms with van der Waals surface area (Å²) in [6.07, 6.45) is 0.204. The third kappa shape index (κ3) is 6.56. The minimum atomic E-state index is -0.482. The number of benzene rings is 3. The third-order valence-electron chi connectivity index (χ3n) is 6.58. The number of rotatable bonds is 10. The molecular weight excluding hydrogens is 549 g/mol. The number of hydrogen-bond donors (Lipinski definition) is 0. The lowest BCUT2D eigenvalue weighted by Gasteiger charge is -2.45. The highest BCUT2D eigenvalue weighted by Gasteiger charge is 2.42. The summed E-state index contributed by atoms with van der Waals surface area (Å²) in [7, 11) is 3.20. The van der Waals surface area contributed by atoms with Gasteiger partial charge in [-0.3, -0.25) is 4.79 Å². The maximum absolute atomic E-state index is 13.4. The fourth-order valence-electron chi connectivity index (χ4n) is 4.75. The molecule has 1 heterocycles. The third-order valence-corrected chi connectivity index (χ3v) is 7.27. The van der Waals surface area contributed by atoms with Gasteiger partial charge in [0.15, 0.2) is 11.5 Å². The molecule has 0 saturated carbocycles. The van der Waals surface area contributed by atoms with Crippen molar-refractivity contribution in [3.05, 3.63) is 92.4 Å². The second kappa shape index (κ2) is 13.0. The van der Waals surface area contributed by atoms with Crippen LogP contribution in [0.25, 0.3) is 0 Å². The van der Waals surface area contributed by atoms with Gasteiger partial charge in [-0.05, 0) is 65.6 Å². The molecule has 202 valence electrons. The molecule has 1 aliphatic heterocycles. The van der Waals surface area contributed by atoms with Crippen molar-refractivity contribution in [2.24, 2.45) is 0 Å². The standard InChI is InChI=1S/C29H30Cl3NO5/c1-4-24(16-37-15-18-5-10-25(35-2)26(11-18)36-3)33-27(34)17-38-29(20-12-22(31)14-23(32)13-20)28(33)19-6-8-21(30)9-7-19/h5-14,24,28-29H,4,15-17H2,1-3H3. The SMILES string of the molecule is CCC(COCc1ccc(OC)c(OC)c1)N1C(=O)COC(c2cc(Cl)cc(Cl)c2)C1c1ccc(Cl)cc1. The predicted molar refractivity (Wildman–Crippen MR) is 149 cm³/mol. The number of carbonyl (C=O) groups is 1. The Hall–Kier alpha value is -2.48. The molecule has 6 nitrogen and oxygen atoms in total. The Kier molecular flexibility index (Phi) is 9.80. The number of ether oxygens (including phenoxy) is 4. The van der Waals surface area contributed by atoms with Gasteiger partial charge >= 0.3 is 0 Å². The van der Waals surface area contributed by atoms with E-state index in [1.165, 1.54) is 0 Å². The minimum absolute atomic E-state index is 0.0644. The van der Waals surface area contributed by atoms with E-state index in [2.05, 4.69) is 0 Å². The van der Waals surface area contributed by atoms with E-state index in [4.69, 9.17) is 53.8 Å². The van der Waals surface area contributed by atoms with Crippen LogP contribution >= 0.6 is 34.8 Å². The van der Waals surface area contributed by atoms with Gasteiger partial charge in [0.2, 0.25) is 5.91 Å². The molecule has 0 bridgehead atoms. The fourth-order valence-corrected chi connectivity index (χ4v) is 5.42. The molecule has 1 aliphatic rings. The van der Waals surface area contributed by atoms with Gasteiger partial charge in [0.25, 0.3) is 0 Å². The highest BCUT2D eigenvalue weighted by Crippen LogP contribution is 2.43. The fraction of sp³-hybridized carbons (Fsp3) is 0.345. The lowest BCUT2D eigenvalue weighted by atomic mass is 9.91. The predicted octanol–water partition coefficient (Wildman–Crippen LogP) is 7.30. The van der Waals surface area contributed by atoms with Crippen LogP contribution in [-0.4, -0.2) is 44.3 Å². The molecule has 1 fully saturated rings. The number of carbonyl (C=O) groups excluding carboxylic acids is 1. The Morgan fingerprint density at radius 2 is 1.58 bits per heavy atom. The number of hydrogen-bond acceptors (Lipinski definition) is 5. The van der Waals surface area contributed by atoms with Crippen molar-refractivity contribution in [1.29, 1.82) is 0 Å². The van der Waals surface area contributed by atoms with Crippen LogP contribution in [0.5, 0.6) is 11.5 Å². The molecule has 1 amide bonds. The molecule has 0 N–H and O–H groups in total. The lowest BCUT2D eigenvalue weighted by molar-refractivity contribution is -0.166. The summed E-state index contributed by atoms with van der Waals surface area (Å²) in [5.41, 5.74) is 2.62. The average Bonchev–Trinajstić information content (AvgIpc) is 2.91. The molecule has 9 heteroatoms. The number of amides is 1. The van der Waals surface area contributed by atoms with Crippen molar-refractivity contribution < 1.29 is 23.7 Å². The zero-order valence-corrected chi connectivity index (χ0v) is 23.7. The average molecular weight is 579 g/mol. The van der Waals surface area contributed by atoms with Gasteiger partial charge in [0.1, 0.15) is 12.7 Å². The summed E-state index contributed by atoms with van der Waals surface area (Å²) < 4.78 is 23.0. The van der Waals surface area contributed by atoms with Gasteiger partial charge < -0.3 is 23.8 Å². The number of methoxy groups -OCH3 is 2. The van der Waals surface area contributed by atoms with Gasteiger partial charge in [0, 0.05) is 15.1 Å². The highest BCUT2D eigenvalue weighted by atomic mass is 35.5. The molecule has 0 radical (unpaired) electrons. The van der Waals surface area contributed by atoms with E-state index in [-0.39, 0.29) is 18.6 Å². The van der Waals surface area contributed by atoms with Crippen LogP contribution in [0.1, 0.15) is 42.2 Å². The second-order valence-electron chi connectivity index (χ2n) is 9.00. The largest absolute Gasteiger partial charge is 0.493 e. The Morgan fingerprint density at radius 3 is 2.21 bits per heavy atom. The van der Waals surface area contributed by atoms with Crippen molar-refractivity contribution in [2.45, 2.75) is 38.1 Å². The highest BCUT2D eigenvalue weighted by molar-refractivity contribution is 6.34. The summed E-state index contributed by atoms with van der Waals surface area (Å²) in [4.78, 5) is 15.3. The second-order valence-corrected chi connectivity index (χ2v) is 10.3. The van der Waals surface area contributed by atoms with Crippen LogP contribution in [-0.2, 0) is 20.9 Å². The van der Waals surface area contributed by atoms with Gasteiger partial charge in [0.05, 0.1) is 39.5 Å². The Balaban J connectivity index is 1.61. The molecule has 0 aliphatic carbocycles. The molecule has 0 aromatic heterocycles. The molecule has 3 unspecified atom stereocenters. The molecule has 3 aromatic carbocycles. The first-order chi connectivity index (χ1) is 18.3. The molecule has 38 heavy (non-hydrogen) atoms. The summed E-state index contributed by atoms with van der Waals surface area (Å²) in [5, 5.41) is 1.61. The van der Waals surface area contributed by atoms with Crippen LogP contribution in [0.2, 0.25) is 15.1 Å². The summed E-state index contributed by atoms with van der Waals surface area (Å²) in [5.74, 6) is 1.17. The van der Waals surface area contributed by atoms with Crippen molar-refractivity contribution in [2.75, 3.05) is 27.4 Å².